The molecule has 0 radical (unpaired) electrons. The molecule has 0 bridgehead atoms. The van der Waals surface area contributed by atoms with E-state index in [9.17, 15) is 0 Å². The number of hydrogen-bond acceptors (Lipinski definition) is 4. The average molecular weight is 303 g/mol. The van der Waals surface area contributed by atoms with Crippen LogP contribution < -0.4 is 10.5 Å². The molecule has 1 aromatic rings. The smallest absolute Gasteiger partial charge is 0.491 e. The minimum Gasteiger partial charge on any atom is -0.494 e. The average Bonchev–Trinajstić information content (AvgIpc) is 2.65. The summed E-state index contributed by atoms with van der Waals surface area (Å²) in [5, 5.41) is 0. The lowest BCUT2D eigenvalue weighted by Gasteiger charge is -2.32. The first-order valence-electron chi connectivity index (χ1n) is 7.78. The molecule has 0 saturated carbocycles. The Hall–Kier alpha value is -1.30. The van der Waals surface area contributed by atoms with Crippen LogP contribution in [0, 0.1) is 0 Å². The van der Waals surface area contributed by atoms with Crippen LogP contribution in [0.2, 0.25) is 0 Å². The van der Waals surface area contributed by atoms with Gasteiger partial charge in [0, 0.05) is 6.54 Å². The van der Waals surface area contributed by atoms with E-state index in [0.717, 1.165) is 16.8 Å². The van der Waals surface area contributed by atoms with E-state index < -0.39 is 7.12 Å². The first-order valence-corrected chi connectivity index (χ1v) is 7.78. The fourth-order valence-electron chi connectivity index (χ4n) is 2.29. The van der Waals surface area contributed by atoms with Gasteiger partial charge in [-0.05, 0) is 57.8 Å². The SMILES string of the molecule is CCOc1cccc(C=C(CN)B2OC(C)(C)C(C)(C)O2)c1. The number of rotatable bonds is 5. The molecule has 0 spiro atoms. The molecule has 1 heterocycles. The lowest BCUT2D eigenvalue weighted by molar-refractivity contribution is 0.00578. The summed E-state index contributed by atoms with van der Waals surface area (Å²) in [5.74, 6) is 0.849. The van der Waals surface area contributed by atoms with Crippen molar-refractivity contribution in [1.29, 1.82) is 0 Å². The zero-order valence-electron chi connectivity index (χ0n) is 14.2. The summed E-state index contributed by atoms with van der Waals surface area (Å²) in [6.45, 7) is 11.2. The molecular formula is C17H26BNO3. The van der Waals surface area contributed by atoms with Gasteiger partial charge in [-0.1, -0.05) is 18.2 Å². The van der Waals surface area contributed by atoms with Crippen molar-refractivity contribution < 1.29 is 14.0 Å². The van der Waals surface area contributed by atoms with Crippen LogP contribution in [0.1, 0.15) is 40.2 Å². The van der Waals surface area contributed by atoms with Crippen LogP contribution in [0.15, 0.2) is 29.7 Å². The fraction of sp³-hybridized carbons (Fsp3) is 0.529. The summed E-state index contributed by atoms with van der Waals surface area (Å²) in [6.07, 6.45) is 2.02. The Labute approximate surface area is 133 Å². The van der Waals surface area contributed by atoms with Crippen molar-refractivity contribution >= 4 is 13.2 Å². The maximum Gasteiger partial charge on any atom is 0.491 e. The summed E-state index contributed by atoms with van der Waals surface area (Å²) in [5.41, 5.74) is 7.14. The third-order valence-electron chi connectivity index (χ3n) is 4.31. The highest BCUT2D eigenvalue weighted by atomic mass is 16.7. The Morgan fingerprint density at radius 2 is 1.86 bits per heavy atom. The highest BCUT2D eigenvalue weighted by molar-refractivity contribution is 6.55. The van der Waals surface area contributed by atoms with Crippen molar-refractivity contribution in [2.24, 2.45) is 5.73 Å². The summed E-state index contributed by atoms with van der Waals surface area (Å²) >= 11 is 0. The van der Waals surface area contributed by atoms with Gasteiger partial charge in [0.15, 0.2) is 0 Å². The molecule has 5 heteroatoms. The van der Waals surface area contributed by atoms with E-state index in [1.807, 2.05) is 65.0 Å². The predicted molar refractivity (Wildman–Crippen MR) is 90.7 cm³/mol. The maximum atomic E-state index is 6.07. The Morgan fingerprint density at radius 1 is 1.23 bits per heavy atom. The summed E-state index contributed by atoms with van der Waals surface area (Å²) in [6, 6.07) is 7.92. The molecule has 1 aromatic carbocycles. The molecular weight excluding hydrogens is 277 g/mol. The van der Waals surface area contributed by atoms with Crippen molar-refractivity contribution in [2.75, 3.05) is 13.2 Å². The monoisotopic (exact) mass is 303 g/mol. The standard InChI is InChI=1S/C17H26BNO3/c1-6-20-15-9-7-8-13(11-15)10-14(12-19)18-21-16(2,3)17(4,5)22-18/h7-11H,6,12,19H2,1-5H3. The largest absolute Gasteiger partial charge is 0.494 e. The fourth-order valence-corrected chi connectivity index (χ4v) is 2.29. The lowest BCUT2D eigenvalue weighted by atomic mass is 9.77. The first-order chi connectivity index (χ1) is 10.3. The Balaban J connectivity index is 2.23. The third kappa shape index (κ3) is 3.54. The van der Waals surface area contributed by atoms with E-state index in [-0.39, 0.29) is 11.2 Å². The highest BCUT2D eigenvalue weighted by Gasteiger charge is 2.52. The maximum absolute atomic E-state index is 6.07. The van der Waals surface area contributed by atoms with Crippen LogP contribution in [-0.2, 0) is 9.31 Å². The quantitative estimate of drug-likeness (QED) is 0.849. The van der Waals surface area contributed by atoms with Gasteiger partial charge in [-0.15, -0.1) is 0 Å². The number of benzene rings is 1. The van der Waals surface area contributed by atoms with E-state index >= 15 is 0 Å². The van der Waals surface area contributed by atoms with Gasteiger partial charge in [-0.25, -0.2) is 0 Å². The van der Waals surface area contributed by atoms with Crippen molar-refractivity contribution in [1.82, 2.24) is 0 Å². The Bertz CT molecular complexity index is 539. The number of nitrogens with two attached hydrogens (primary N) is 1. The molecule has 0 aromatic heterocycles. The zero-order chi connectivity index (χ0) is 16.4. The third-order valence-corrected chi connectivity index (χ3v) is 4.31. The van der Waals surface area contributed by atoms with Crippen molar-refractivity contribution in [3.63, 3.8) is 0 Å². The van der Waals surface area contributed by atoms with Crippen LogP contribution in [-0.4, -0.2) is 31.5 Å². The van der Waals surface area contributed by atoms with Crippen molar-refractivity contribution in [3.05, 3.63) is 35.3 Å². The predicted octanol–water partition coefficient (Wildman–Crippen LogP) is 3.06. The van der Waals surface area contributed by atoms with E-state index in [2.05, 4.69) is 0 Å². The zero-order valence-corrected chi connectivity index (χ0v) is 14.2. The van der Waals surface area contributed by atoms with Gasteiger partial charge in [0.1, 0.15) is 5.75 Å². The molecule has 4 nitrogen and oxygen atoms in total. The molecule has 0 amide bonds. The molecule has 1 aliphatic rings. The summed E-state index contributed by atoms with van der Waals surface area (Å²) in [4.78, 5) is 0. The van der Waals surface area contributed by atoms with Crippen LogP contribution in [0.4, 0.5) is 0 Å². The molecule has 2 N–H and O–H groups in total. The van der Waals surface area contributed by atoms with E-state index in [4.69, 9.17) is 19.8 Å². The molecule has 1 fully saturated rings. The molecule has 22 heavy (non-hydrogen) atoms. The molecule has 0 unspecified atom stereocenters. The summed E-state index contributed by atoms with van der Waals surface area (Å²) < 4.78 is 17.7. The van der Waals surface area contributed by atoms with Crippen LogP contribution in [0.3, 0.4) is 0 Å². The van der Waals surface area contributed by atoms with E-state index in [1.54, 1.807) is 0 Å². The topological polar surface area (TPSA) is 53.7 Å². The highest BCUT2D eigenvalue weighted by Crippen LogP contribution is 2.38. The van der Waals surface area contributed by atoms with Crippen molar-refractivity contribution in [3.8, 4) is 5.75 Å². The van der Waals surface area contributed by atoms with Crippen LogP contribution in [0.5, 0.6) is 5.75 Å². The lowest BCUT2D eigenvalue weighted by Crippen LogP contribution is -2.41. The second-order valence-corrected chi connectivity index (χ2v) is 6.52. The minimum absolute atomic E-state index is 0.362. The van der Waals surface area contributed by atoms with Crippen molar-refractivity contribution in [2.45, 2.75) is 45.8 Å². The van der Waals surface area contributed by atoms with E-state index in [1.165, 1.54) is 0 Å². The van der Waals surface area contributed by atoms with Gasteiger partial charge < -0.3 is 19.8 Å². The molecule has 120 valence electrons. The van der Waals surface area contributed by atoms with Gasteiger partial charge in [-0.3, -0.25) is 0 Å². The van der Waals surface area contributed by atoms with Crippen LogP contribution in [0.25, 0.3) is 6.08 Å². The Kier molecular flexibility index (Phi) is 5.00. The first kappa shape index (κ1) is 17.1. The summed E-state index contributed by atoms with van der Waals surface area (Å²) in [7, 11) is -0.411. The van der Waals surface area contributed by atoms with Gasteiger partial charge in [0.05, 0.1) is 17.8 Å². The van der Waals surface area contributed by atoms with Gasteiger partial charge in [0.25, 0.3) is 0 Å². The normalized spacial score (nSPS) is 20.3. The second-order valence-electron chi connectivity index (χ2n) is 6.52. The Morgan fingerprint density at radius 3 is 2.41 bits per heavy atom. The number of ether oxygens (including phenoxy) is 1. The molecule has 2 rings (SSSR count). The molecule has 0 aliphatic carbocycles. The van der Waals surface area contributed by atoms with Gasteiger partial charge >= 0.3 is 7.12 Å². The van der Waals surface area contributed by atoms with Crippen LogP contribution >= 0.6 is 0 Å². The second kappa shape index (κ2) is 6.45. The van der Waals surface area contributed by atoms with Gasteiger partial charge in [0.2, 0.25) is 0 Å². The minimum atomic E-state index is -0.411. The molecule has 1 aliphatic heterocycles. The van der Waals surface area contributed by atoms with Gasteiger partial charge in [-0.2, -0.15) is 0 Å². The molecule has 0 atom stereocenters. The molecule has 1 saturated heterocycles. The number of hydrogen-bond donors (Lipinski definition) is 1. The van der Waals surface area contributed by atoms with E-state index in [0.29, 0.717) is 13.2 Å².